The lowest BCUT2D eigenvalue weighted by Crippen LogP contribution is -1.93. The van der Waals surface area contributed by atoms with Crippen LogP contribution in [0.15, 0.2) is 36.4 Å². The van der Waals surface area contributed by atoms with Crippen molar-refractivity contribution in [3.05, 3.63) is 56.6 Å². The summed E-state index contributed by atoms with van der Waals surface area (Å²) in [6, 6.07) is 8.23. The molecule has 0 fully saturated rings. The summed E-state index contributed by atoms with van der Waals surface area (Å²) in [5.41, 5.74) is 1.49. The molecule has 98 valence electrons. The second-order valence-corrected chi connectivity index (χ2v) is 4.08. The molecule has 1 aromatic heterocycles. The predicted octanol–water partition coefficient (Wildman–Crippen LogP) is 2.60. The molecule has 1 heterocycles. The summed E-state index contributed by atoms with van der Waals surface area (Å²) in [6.45, 7) is 0. The predicted molar refractivity (Wildman–Crippen MR) is 70.4 cm³/mol. The first-order valence-corrected chi connectivity index (χ1v) is 5.55. The van der Waals surface area contributed by atoms with E-state index >= 15 is 0 Å². The molecule has 0 saturated heterocycles. The Morgan fingerprint density at radius 3 is 1.45 bits per heavy atom. The van der Waals surface area contributed by atoms with Gasteiger partial charge in [0.25, 0.3) is 11.4 Å². The van der Waals surface area contributed by atoms with E-state index in [1.807, 2.05) is 0 Å². The Balaban J connectivity index is 2.27. The van der Waals surface area contributed by atoms with Gasteiger partial charge in [-0.2, -0.15) is 0 Å². The summed E-state index contributed by atoms with van der Waals surface area (Å²) < 4.78 is 0. The molecule has 0 aliphatic heterocycles. The van der Waals surface area contributed by atoms with Crippen molar-refractivity contribution in [2.45, 2.75) is 0 Å². The van der Waals surface area contributed by atoms with E-state index < -0.39 is 9.85 Å². The molecule has 2 aromatic carbocycles. The first-order valence-electron chi connectivity index (χ1n) is 5.55. The first kappa shape index (κ1) is 11.9. The molecule has 0 unspecified atom stereocenters. The van der Waals surface area contributed by atoms with Crippen LogP contribution in [-0.4, -0.2) is 19.8 Å². The molecule has 0 saturated carbocycles. The Labute approximate surface area is 111 Å². The van der Waals surface area contributed by atoms with Gasteiger partial charge in [-0.3, -0.25) is 20.2 Å². The summed E-state index contributed by atoms with van der Waals surface area (Å²) in [7, 11) is 0. The average molecular weight is 270 g/mol. The van der Waals surface area contributed by atoms with E-state index in [1.165, 1.54) is 36.4 Å². The van der Waals surface area contributed by atoms with Crippen LogP contribution in [-0.2, 0) is 0 Å². The molecule has 0 bridgehead atoms. The maximum atomic E-state index is 10.7. The Bertz CT molecular complexity index is 804. The number of hydrogen-bond donors (Lipinski definition) is 0. The van der Waals surface area contributed by atoms with Gasteiger partial charge < -0.3 is 0 Å². The van der Waals surface area contributed by atoms with Gasteiger partial charge in [-0.15, -0.1) is 0 Å². The molecular weight excluding hydrogens is 264 g/mol. The van der Waals surface area contributed by atoms with Crippen LogP contribution in [0.3, 0.4) is 0 Å². The fourth-order valence-corrected chi connectivity index (χ4v) is 1.88. The summed E-state index contributed by atoms with van der Waals surface area (Å²) in [5.74, 6) is 0. The van der Waals surface area contributed by atoms with E-state index in [4.69, 9.17) is 0 Å². The lowest BCUT2D eigenvalue weighted by molar-refractivity contribution is -0.384. The maximum absolute atomic E-state index is 10.7. The van der Waals surface area contributed by atoms with Gasteiger partial charge in [0.05, 0.1) is 31.9 Å². The number of rotatable bonds is 2. The second kappa shape index (κ2) is 4.19. The Hall–Kier alpha value is -3.16. The van der Waals surface area contributed by atoms with E-state index in [0.717, 1.165) is 0 Å². The highest BCUT2D eigenvalue weighted by atomic mass is 16.6. The van der Waals surface area contributed by atoms with Gasteiger partial charge in [0.2, 0.25) is 0 Å². The molecule has 8 heteroatoms. The van der Waals surface area contributed by atoms with Gasteiger partial charge in [0.1, 0.15) is 0 Å². The molecule has 0 N–H and O–H groups in total. The Morgan fingerprint density at radius 2 is 1.10 bits per heavy atom. The zero-order valence-corrected chi connectivity index (χ0v) is 9.89. The van der Waals surface area contributed by atoms with Crippen molar-refractivity contribution >= 4 is 33.4 Å². The highest BCUT2D eigenvalue weighted by Crippen LogP contribution is 2.23. The van der Waals surface area contributed by atoms with E-state index in [9.17, 15) is 20.2 Å². The zero-order chi connectivity index (χ0) is 14.3. The SMILES string of the molecule is O=[N+]([O-])c1ccc2nc3cc([N+](=O)[O-])ccc3nc2c1. The van der Waals surface area contributed by atoms with Crippen LogP contribution in [0, 0.1) is 20.2 Å². The fraction of sp³-hybridized carbons (Fsp3) is 0. The molecule has 0 radical (unpaired) electrons. The average Bonchev–Trinajstić information content (AvgIpc) is 2.43. The van der Waals surface area contributed by atoms with Crippen LogP contribution >= 0.6 is 0 Å². The lowest BCUT2D eigenvalue weighted by Gasteiger charge is -2.01. The third kappa shape index (κ3) is 1.88. The third-order valence-corrected chi connectivity index (χ3v) is 2.82. The van der Waals surface area contributed by atoms with Crippen LogP contribution in [0.25, 0.3) is 22.1 Å². The molecule has 8 nitrogen and oxygen atoms in total. The van der Waals surface area contributed by atoms with Crippen LogP contribution in [0.4, 0.5) is 11.4 Å². The van der Waals surface area contributed by atoms with Gasteiger partial charge in [0, 0.05) is 24.3 Å². The highest BCUT2D eigenvalue weighted by molar-refractivity contribution is 5.88. The molecule has 0 aliphatic rings. The number of nitro groups is 2. The lowest BCUT2D eigenvalue weighted by atomic mass is 10.2. The summed E-state index contributed by atoms with van der Waals surface area (Å²) in [5, 5.41) is 21.4. The van der Waals surface area contributed by atoms with Gasteiger partial charge >= 0.3 is 0 Å². The number of fused-ring (bicyclic) bond motifs is 2. The monoisotopic (exact) mass is 270 g/mol. The van der Waals surface area contributed by atoms with Crippen LogP contribution in [0.2, 0.25) is 0 Å². The zero-order valence-electron chi connectivity index (χ0n) is 9.89. The number of hydrogen-bond acceptors (Lipinski definition) is 6. The minimum Gasteiger partial charge on any atom is -0.258 e. The normalized spacial score (nSPS) is 10.8. The minimum atomic E-state index is -0.513. The van der Waals surface area contributed by atoms with Gasteiger partial charge in [-0.05, 0) is 12.1 Å². The highest BCUT2D eigenvalue weighted by Gasteiger charge is 2.11. The quantitative estimate of drug-likeness (QED) is 0.402. The summed E-state index contributed by atoms with van der Waals surface area (Å²) >= 11 is 0. The molecule has 3 rings (SSSR count). The van der Waals surface area contributed by atoms with E-state index in [1.54, 1.807) is 0 Å². The number of nitrogens with zero attached hydrogens (tertiary/aromatic N) is 4. The van der Waals surface area contributed by atoms with Crippen molar-refractivity contribution in [3.8, 4) is 0 Å². The van der Waals surface area contributed by atoms with Gasteiger partial charge in [0.15, 0.2) is 0 Å². The first-order chi connectivity index (χ1) is 9.54. The number of benzene rings is 2. The van der Waals surface area contributed by atoms with Crippen molar-refractivity contribution in [3.63, 3.8) is 0 Å². The molecular formula is C12H6N4O4. The topological polar surface area (TPSA) is 112 Å². The Morgan fingerprint density at radius 1 is 0.700 bits per heavy atom. The van der Waals surface area contributed by atoms with Gasteiger partial charge in [-0.1, -0.05) is 0 Å². The van der Waals surface area contributed by atoms with Crippen molar-refractivity contribution < 1.29 is 9.85 Å². The molecule has 3 aromatic rings. The molecule has 20 heavy (non-hydrogen) atoms. The van der Waals surface area contributed by atoms with Crippen molar-refractivity contribution in [1.29, 1.82) is 0 Å². The van der Waals surface area contributed by atoms with Crippen molar-refractivity contribution in [2.24, 2.45) is 0 Å². The largest absolute Gasteiger partial charge is 0.271 e. The van der Waals surface area contributed by atoms with E-state index in [-0.39, 0.29) is 11.4 Å². The summed E-state index contributed by atoms with van der Waals surface area (Å²) in [6.07, 6.45) is 0. The van der Waals surface area contributed by atoms with E-state index in [2.05, 4.69) is 9.97 Å². The maximum Gasteiger partial charge on any atom is 0.271 e. The van der Waals surface area contributed by atoms with Crippen molar-refractivity contribution in [1.82, 2.24) is 9.97 Å². The molecule has 0 aliphatic carbocycles. The number of nitro benzene ring substituents is 2. The van der Waals surface area contributed by atoms with Crippen molar-refractivity contribution in [2.75, 3.05) is 0 Å². The smallest absolute Gasteiger partial charge is 0.258 e. The second-order valence-electron chi connectivity index (χ2n) is 4.08. The fourth-order valence-electron chi connectivity index (χ4n) is 1.88. The number of non-ortho nitro benzene ring substituents is 2. The molecule has 0 amide bonds. The minimum absolute atomic E-state index is 0.0759. The molecule has 0 atom stereocenters. The summed E-state index contributed by atoms with van der Waals surface area (Å²) in [4.78, 5) is 28.9. The standard InChI is InChI=1S/C12H6N4O4/c17-15(18)7-1-3-9-11(5-7)14-10-4-2-8(16(19)20)6-12(10)13-9/h1-6H. The van der Waals surface area contributed by atoms with Crippen LogP contribution in [0.1, 0.15) is 0 Å². The molecule has 0 spiro atoms. The van der Waals surface area contributed by atoms with Gasteiger partial charge in [-0.25, -0.2) is 9.97 Å². The Kier molecular flexibility index (Phi) is 2.50. The number of aromatic nitrogens is 2. The van der Waals surface area contributed by atoms with Crippen LogP contribution < -0.4 is 0 Å². The van der Waals surface area contributed by atoms with E-state index in [0.29, 0.717) is 22.1 Å². The van der Waals surface area contributed by atoms with Crippen LogP contribution in [0.5, 0.6) is 0 Å². The third-order valence-electron chi connectivity index (χ3n) is 2.82.